The first-order valence-electron chi connectivity index (χ1n) is 12.2. The number of ether oxygens (including phenoxy) is 1. The van der Waals surface area contributed by atoms with E-state index in [1.54, 1.807) is 47.5 Å². The van der Waals surface area contributed by atoms with Crippen LogP contribution in [0.4, 0.5) is 18.0 Å². The van der Waals surface area contributed by atoms with Crippen molar-refractivity contribution in [3.8, 4) is 23.1 Å². The number of carbonyl (C=O) groups is 1. The minimum absolute atomic E-state index is 0.107. The summed E-state index contributed by atoms with van der Waals surface area (Å²) < 4.78 is 53.8. The molecule has 1 amide bonds. The number of likely N-dealkylation sites (N-methyl/N-ethyl adjacent to an activating group) is 1. The minimum atomic E-state index is -4.57. The van der Waals surface area contributed by atoms with E-state index in [0.717, 1.165) is 16.5 Å². The summed E-state index contributed by atoms with van der Waals surface area (Å²) in [5, 5.41) is 16.3. The maximum atomic E-state index is 14.5. The first-order valence-corrected chi connectivity index (χ1v) is 13.2. The predicted molar refractivity (Wildman–Crippen MR) is 140 cm³/mol. The third kappa shape index (κ3) is 4.13. The number of aromatic nitrogens is 6. The van der Waals surface area contributed by atoms with Crippen LogP contribution in [0.15, 0.2) is 48.0 Å². The van der Waals surface area contributed by atoms with Crippen molar-refractivity contribution in [1.82, 2.24) is 33.6 Å². The molecule has 204 valence electrons. The standard InChI is InChI=1S/C26H21F3N8O2S/c1-34(25(38)37-14-32-33-19(37)12-30)7-8-39-20-10-15-5-9-40-24-21(16-4-3-6-36(20)23(15)16)17(26(27,28)29)11-18-22(24)31-13-35(18)2/h3-4,6,10-11,13-14H,5,7-9H2,1-2H3. The summed E-state index contributed by atoms with van der Waals surface area (Å²) in [5.41, 5.74) is 2.35. The third-order valence-corrected chi connectivity index (χ3v) is 7.95. The molecule has 0 N–H and O–H groups in total. The quantitative estimate of drug-likeness (QED) is 0.313. The van der Waals surface area contributed by atoms with Crippen LogP contribution in [0.1, 0.15) is 17.0 Å². The molecule has 5 heterocycles. The van der Waals surface area contributed by atoms with Crippen LogP contribution in [0.25, 0.3) is 27.7 Å². The van der Waals surface area contributed by atoms with Gasteiger partial charge in [-0.2, -0.15) is 18.4 Å². The molecule has 10 nitrogen and oxygen atoms in total. The van der Waals surface area contributed by atoms with Crippen molar-refractivity contribution in [2.75, 3.05) is 26.0 Å². The lowest BCUT2D eigenvalue weighted by molar-refractivity contribution is -0.137. The number of pyridine rings is 1. The lowest BCUT2D eigenvalue weighted by Gasteiger charge is -2.21. The molecule has 1 aromatic carbocycles. The van der Waals surface area contributed by atoms with Gasteiger partial charge in [-0.1, -0.05) is 6.07 Å². The summed E-state index contributed by atoms with van der Waals surface area (Å²) in [7, 11) is 3.24. The number of nitrogens with zero attached hydrogens (tertiary/aromatic N) is 8. The molecular weight excluding hydrogens is 545 g/mol. The Balaban J connectivity index is 1.38. The first-order chi connectivity index (χ1) is 19.2. The van der Waals surface area contributed by atoms with Crippen LogP contribution in [0.3, 0.4) is 0 Å². The number of benzene rings is 1. The summed E-state index contributed by atoms with van der Waals surface area (Å²) in [4.78, 5) is 19.0. The van der Waals surface area contributed by atoms with Crippen molar-refractivity contribution in [2.45, 2.75) is 17.5 Å². The molecule has 0 saturated carbocycles. The Hall–Kier alpha value is -4.51. The van der Waals surface area contributed by atoms with Gasteiger partial charge in [0.2, 0.25) is 5.82 Å². The van der Waals surface area contributed by atoms with E-state index in [4.69, 9.17) is 10.00 Å². The van der Waals surface area contributed by atoms with Crippen LogP contribution < -0.4 is 4.74 Å². The van der Waals surface area contributed by atoms with Crippen molar-refractivity contribution in [2.24, 2.45) is 7.05 Å². The van der Waals surface area contributed by atoms with Gasteiger partial charge in [-0.15, -0.1) is 22.0 Å². The summed E-state index contributed by atoms with van der Waals surface area (Å²) >= 11 is 1.37. The number of rotatable bonds is 4. The molecule has 1 aliphatic heterocycles. The highest BCUT2D eigenvalue weighted by Gasteiger charge is 2.38. The Morgan fingerprint density at radius 1 is 1.30 bits per heavy atom. The van der Waals surface area contributed by atoms with E-state index in [1.165, 1.54) is 29.1 Å². The van der Waals surface area contributed by atoms with Gasteiger partial charge in [0.15, 0.2) is 5.88 Å². The number of thioether (sulfide) groups is 1. The van der Waals surface area contributed by atoms with E-state index in [2.05, 4.69) is 15.2 Å². The van der Waals surface area contributed by atoms with E-state index in [0.29, 0.717) is 45.1 Å². The fraction of sp³-hybridized carbons (Fsp3) is 0.269. The number of amides is 1. The number of hydrogen-bond acceptors (Lipinski definition) is 7. The molecule has 0 bridgehead atoms. The molecule has 0 saturated heterocycles. The van der Waals surface area contributed by atoms with Crippen molar-refractivity contribution < 1.29 is 22.7 Å². The van der Waals surface area contributed by atoms with E-state index >= 15 is 0 Å². The van der Waals surface area contributed by atoms with Crippen molar-refractivity contribution in [3.05, 3.63) is 60.1 Å². The van der Waals surface area contributed by atoms with Gasteiger partial charge < -0.3 is 14.2 Å². The molecule has 14 heteroatoms. The second kappa shape index (κ2) is 9.60. The van der Waals surface area contributed by atoms with Crippen LogP contribution in [0, 0.1) is 11.3 Å². The fourth-order valence-corrected chi connectivity index (χ4v) is 6.14. The first kappa shape index (κ1) is 25.8. The number of carbonyl (C=O) groups excluding carboxylic acids is 1. The highest BCUT2D eigenvalue weighted by molar-refractivity contribution is 7.99. The molecule has 4 aromatic heterocycles. The Labute approximate surface area is 229 Å². The van der Waals surface area contributed by atoms with E-state index in [1.807, 2.05) is 6.07 Å². The number of aryl methyl sites for hydroxylation is 2. The second-order valence-electron chi connectivity index (χ2n) is 9.28. The highest BCUT2D eigenvalue weighted by Crippen LogP contribution is 2.49. The van der Waals surface area contributed by atoms with Gasteiger partial charge >= 0.3 is 12.2 Å². The topological polar surface area (TPSA) is 106 Å². The van der Waals surface area contributed by atoms with Gasteiger partial charge in [0.1, 0.15) is 24.5 Å². The highest BCUT2D eigenvalue weighted by atomic mass is 32.2. The molecule has 0 aliphatic carbocycles. The number of nitriles is 1. The summed E-state index contributed by atoms with van der Waals surface area (Å²) in [6.45, 7) is 0.286. The zero-order valence-corrected chi connectivity index (χ0v) is 22.1. The molecule has 0 spiro atoms. The number of imidazole rings is 1. The molecule has 40 heavy (non-hydrogen) atoms. The lowest BCUT2D eigenvalue weighted by atomic mass is 9.96. The number of alkyl halides is 3. The van der Waals surface area contributed by atoms with Gasteiger partial charge in [-0.3, -0.25) is 4.40 Å². The van der Waals surface area contributed by atoms with Crippen LogP contribution in [0.5, 0.6) is 5.88 Å². The molecule has 0 fully saturated rings. The van der Waals surface area contributed by atoms with E-state index in [-0.39, 0.29) is 24.5 Å². The molecule has 5 aromatic rings. The summed E-state index contributed by atoms with van der Waals surface area (Å²) in [6, 6.07) is 7.73. The maximum Gasteiger partial charge on any atom is 0.417 e. The normalized spacial score (nSPS) is 13.1. The fourth-order valence-electron chi connectivity index (χ4n) is 4.96. The number of fused-ring (bicyclic) bond motifs is 4. The lowest BCUT2D eigenvalue weighted by Crippen LogP contribution is -2.34. The van der Waals surface area contributed by atoms with Crippen molar-refractivity contribution in [3.63, 3.8) is 0 Å². The molecule has 0 radical (unpaired) electrons. The van der Waals surface area contributed by atoms with Gasteiger partial charge in [0.25, 0.3) is 0 Å². The van der Waals surface area contributed by atoms with Gasteiger partial charge in [0.05, 0.1) is 29.5 Å². The van der Waals surface area contributed by atoms with Crippen molar-refractivity contribution in [1.29, 1.82) is 5.26 Å². The largest absolute Gasteiger partial charge is 0.477 e. The van der Waals surface area contributed by atoms with Crippen LogP contribution in [-0.2, 0) is 19.6 Å². The Bertz CT molecular complexity index is 1830. The Morgan fingerprint density at radius 2 is 2.12 bits per heavy atom. The van der Waals surface area contributed by atoms with E-state index < -0.39 is 17.8 Å². The van der Waals surface area contributed by atoms with Crippen molar-refractivity contribution >= 4 is 34.3 Å². The smallest absolute Gasteiger partial charge is 0.417 e. The summed E-state index contributed by atoms with van der Waals surface area (Å²) in [6.07, 6.45) is 0.490. The van der Waals surface area contributed by atoms with Crippen LogP contribution >= 0.6 is 11.8 Å². The second-order valence-corrected chi connectivity index (χ2v) is 10.4. The SMILES string of the molecule is CN(CCOc1cc2c3c(cccn13)-c1c(C(F)(F)F)cc3c(ncn3C)c1SCC2)C(=O)n1cnnc1C#N. The van der Waals surface area contributed by atoms with Gasteiger partial charge in [-0.25, -0.2) is 14.3 Å². The zero-order valence-electron chi connectivity index (χ0n) is 21.3. The average molecular weight is 567 g/mol. The molecular formula is C26H21F3N8O2S. The van der Waals surface area contributed by atoms with E-state index in [9.17, 15) is 18.0 Å². The number of halogens is 3. The zero-order chi connectivity index (χ0) is 28.2. The summed E-state index contributed by atoms with van der Waals surface area (Å²) in [5.74, 6) is 0.887. The molecule has 0 atom stereocenters. The number of hydrogen-bond donors (Lipinski definition) is 0. The van der Waals surface area contributed by atoms with Crippen LogP contribution in [-0.4, -0.2) is 65.6 Å². The Morgan fingerprint density at radius 3 is 2.90 bits per heavy atom. The molecule has 1 aliphatic rings. The van der Waals surface area contributed by atoms with Crippen LogP contribution in [0.2, 0.25) is 0 Å². The molecule has 6 rings (SSSR count). The third-order valence-electron chi connectivity index (χ3n) is 6.86. The van der Waals surface area contributed by atoms with Gasteiger partial charge in [-0.05, 0) is 24.1 Å². The van der Waals surface area contributed by atoms with Gasteiger partial charge in [0, 0.05) is 48.1 Å². The Kier molecular flexibility index (Phi) is 6.18. The average Bonchev–Trinajstić information content (AvgIpc) is 3.64. The molecule has 0 unspecified atom stereocenters. The maximum absolute atomic E-state index is 14.5. The predicted octanol–water partition coefficient (Wildman–Crippen LogP) is 4.60. The monoisotopic (exact) mass is 566 g/mol. The minimum Gasteiger partial charge on any atom is -0.477 e.